The molecule has 0 saturated carbocycles. The van der Waals surface area contributed by atoms with E-state index in [9.17, 15) is 4.79 Å². The first kappa shape index (κ1) is 11.6. The number of rotatable bonds is 3. The molecule has 0 amide bonds. The van der Waals surface area contributed by atoms with Crippen molar-refractivity contribution in [3.05, 3.63) is 34.3 Å². The number of Topliss-reactive ketones (excluding diaryl/α,β-unsaturated/α-hetero) is 1. The molecule has 1 fully saturated rings. The highest BCUT2D eigenvalue weighted by Crippen LogP contribution is 2.31. The first-order valence-electron chi connectivity index (χ1n) is 5.33. The molecule has 16 heavy (non-hydrogen) atoms. The van der Waals surface area contributed by atoms with Crippen LogP contribution in [0.3, 0.4) is 0 Å². The van der Waals surface area contributed by atoms with Crippen LogP contribution < -0.4 is 5.73 Å². The molecular formula is C12H15ClN2O. The number of likely N-dealkylation sites (N-methyl/N-ethyl adjacent to an activating group) is 1. The van der Waals surface area contributed by atoms with E-state index in [1.807, 2.05) is 12.1 Å². The Morgan fingerprint density at radius 2 is 2.25 bits per heavy atom. The molecule has 0 bridgehead atoms. The van der Waals surface area contributed by atoms with Gasteiger partial charge in [-0.1, -0.05) is 23.7 Å². The predicted octanol–water partition coefficient (Wildman–Crippen LogP) is 1.51. The van der Waals surface area contributed by atoms with Crippen LogP contribution in [0.5, 0.6) is 0 Å². The van der Waals surface area contributed by atoms with Gasteiger partial charge in [0, 0.05) is 29.6 Å². The maximum absolute atomic E-state index is 11.4. The van der Waals surface area contributed by atoms with E-state index in [0.29, 0.717) is 16.5 Å². The quantitative estimate of drug-likeness (QED) is 0.812. The molecule has 1 aliphatic rings. The number of benzene rings is 1. The number of nitrogens with zero attached hydrogens (tertiary/aromatic N) is 1. The summed E-state index contributed by atoms with van der Waals surface area (Å²) in [4.78, 5) is 13.6. The van der Waals surface area contributed by atoms with E-state index < -0.39 is 0 Å². The molecule has 3 nitrogen and oxygen atoms in total. The molecule has 1 aliphatic heterocycles. The van der Waals surface area contributed by atoms with Crippen LogP contribution in [0, 0.1) is 0 Å². The van der Waals surface area contributed by atoms with E-state index in [1.54, 1.807) is 6.07 Å². The Balaban J connectivity index is 2.20. The fourth-order valence-electron chi connectivity index (χ4n) is 2.05. The topological polar surface area (TPSA) is 46.3 Å². The van der Waals surface area contributed by atoms with Gasteiger partial charge in [-0.2, -0.15) is 0 Å². The number of likely N-dealkylation sites (tertiary alicyclic amines) is 1. The van der Waals surface area contributed by atoms with Crippen molar-refractivity contribution < 1.29 is 4.79 Å². The minimum atomic E-state index is -0.0702. The number of hydrogen-bond donors (Lipinski definition) is 1. The zero-order valence-corrected chi connectivity index (χ0v) is 10.00. The molecule has 2 N–H and O–H groups in total. The first-order valence-corrected chi connectivity index (χ1v) is 5.71. The highest BCUT2D eigenvalue weighted by molar-refractivity contribution is 6.31. The molecule has 2 rings (SSSR count). The number of carbonyl (C=O) groups excluding carboxylic acids is 1. The number of nitrogens with two attached hydrogens (primary N) is 1. The lowest BCUT2D eigenvalue weighted by Gasteiger charge is -2.37. The van der Waals surface area contributed by atoms with Crippen molar-refractivity contribution in [3.63, 3.8) is 0 Å². The van der Waals surface area contributed by atoms with Gasteiger partial charge in [0.15, 0.2) is 5.78 Å². The van der Waals surface area contributed by atoms with Gasteiger partial charge >= 0.3 is 0 Å². The Morgan fingerprint density at radius 1 is 1.56 bits per heavy atom. The fraction of sp³-hybridized carbons (Fsp3) is 0.417. The number of ketones is 1. The van der Waals surface area contributed by atoms with Crippen molar-refractivity contribution in [2.24, 2.45) is 5.73 Å². The summed E-state index contributed by atoms with van der Waals surface area (Å²) in [6, 6.07) is 5.49. The van der Waals surface area contributed by atoms with Crippen LogP contribution in [0.25, 0.3) is 0 Å². The van der Waals surface area contributed by atoms with Gasteiger partial charge in [-0.15, -0.1) is 0 Å². The lowest BCUT2D eigenvalue weighted by Crippen LogP contribution is -2.41. The molecule has 86 valence electrons. The van der Waals surface area contributed by atoms with E-state index in [-0.39, 0.29) is 12.3 Å². The van der Waals surface area contributed by atoms with Gasteiger partial charge in [-0.3, -0.25) is 4.79 Å². The second kappa shape index (κ2) is 4.53. The van der Waals surface area contributed by atoms with Gasteiger partial charge in [0.1, 0.15) is 0 Å². The molecule has 1 saturated heterocycles. The van der Waals surface area contributed by atoms with Crippen LogP contribution in [0.4, 0.5) is 0 Å². The van der Waals surface area contributed by atoms with Gasteiger partial charge < -0.3 is 10.6 Å². The average Bonchev–Trinajstić information content (AvgIpc) is 2.24. The summed E-state index contributed by atoms with van der Waals surface area (Å²) in [5.41, 5.74) is 7.04. The zero-order chi connectivity index (χ0) is 11.7. The summed E-state index contributed by atoms with van der Waals surface area (Å²) in [5.74, 6) is 0.429. The molecule has 0 atom stereocenters. The maximum atomic E-state index is 11.4. The molecule has 1 aromatic carbocycles. The number of hydrogen-bond acceptors (Lipinski definition) is 3. The minimum Gasteiger partial charge on any atom is -0.324 e. The molecule has 1 heterocycles. The second-order valence-electron chi connectivity index (χ2n) is 4.28. The van der Waals surface area contributed by atoms with Gasteiger partial charge in [-0.25, -0.2) is 0 Å². The van der Waals surface area contributed by atoms with Crippen molar-refractivity contribution in [2.75, 3.05) is 26.7 Å². The largest absolute Gasteiger partial charge is 0.324 e. The standard InChI is InChI=1S/C12H15ClN2O/c1-15-6-9(7-15)10-3-2-8(4-11(10)13)12(16)5-14/h2-4,9H,5-7,14H2,1H3. The highest BCUT2D eigenvalue weighted by atomic mass is 35.5. The zero-order valence-electron chi connectivity index (χ0n) is 9.24. The number of carbonyl (C=O) groups is 1. The lowest BCUT2D eigenvalue weighted by molar-refractivity contribution is 0.100. The summed E-state index contributed by atoms with van der Waals surface area (Å²) >= 11 is 6.17. The fourth-order valence-corrected chi connectivity index (χ4v) is 2.38. The van der Waals surface area contributed by atoms with Crippen molar-refractivity contribution in [2.45, 2.75) is 5.92 Å². The highest BCUT2D eigenvalue weighted by Gasteiger charge is 2.26. The van der Waals surface area contributed by atoms with Crippen LogP contribution in [-0.4, -0.2) is 37.4 Å². The molecular weight excluding hydrogens is 224 g/mol. The third-order valence-corrected chi connectivity index (χ3v) is 3.34. The van der Waals surface area contributed by atoms with Crippen molar-refractivity contribution in [1.82, 2.24) is 4.90 Å². The van der Waals surface area contributed by atoms with E-state index in [4.69, 9.17) is 17.3 Å². The third kappa shape index (κ3) is 2.12. The maximum Gasteiger partial charge on any atom is 0.176 e. The molecule has 0 aromatic heterocycles. The van der Waals surface area contributed by atoms with Crippen LogP contribution in [0.15, 0.2) is 18.2 Å². The molecule has 4 heteroatoms. The first-order chi connectivity index (χ1) is 7.61. The van der Waals surface area contributed by atoms with E-state index in [1.165, 1.54) is 0 Å². The summed E-state index contributed by atoms with van der Waals surface area (Å²) in [7, 11) is 2.08. The van der Waals surface area contributed by atoms with E-state index in [0.717, 1.165) is 18.7 Å². The van der Waals surface area contributed by atoms with Gasteiger partial charge in [0.25, 0.3) is 0 Å². The Labute approximate surface area is 100 Å². The Kier molecular flexibility index (Phi) is 3.28. The van der Waals surface area contributed by atoms with Crippen LogP contribution >= 0.6 is 11.6 Å². The third-order valence-electron chi connectivity index (χ3n) is 3.01. The summed E-state index contributed by atoms with van der Waals surface area (Å²) in [6.07, 6.45) is 0. The smallest absolute Gasteiger partial charge is 0.176 e. The van der Waals surface area contributed by atoms with E-state index >= 15 is 0 Å². The molecule has 0 aliphatic carbocycles. The molecule has 0 unspecified atom stereocenters. The summed E-state index contributed by atoms with van der Waals surface area (Å²) in [5, 5.41) is 0.678. The molecule has 1 aromatic rings. The summed E-state index contributed by atoms with van der Waals surface area (Å²) in [6.45, 7) is 2.09. The van der Waals surface area contributed by atoms with Crippen molar-refractivity contribution in [1.29, 1.82) is 0 Å². The van der Waals surface area contributed by atoms with Crippen LogP contribution in [0.2, 0.25) is 5.02 Å². The van der Waals surface area contributed by atoms with Crippen LogP contribution in [-0.2, 0) is 0 Å². The number of halogens is 1. The van der Waals surface area contributed by atoms with Gasteiger partial charge in [-0.05, 0) is 18.7 Å². The van der Waals surface area contributed by atoms with Crippen molar-refractivity contribution in [3.8, 4) is 0 Å². The monoisotopic (exact) mass is 238 g/mol. The minimum absolute atomic E-state index is 0.0296. The summed E-state index contributed by atoms with van der Waals surface area (Å²) < 4.78 is 0. The normalized spacial score (nSPS) is 17.2. The average molecular weight is 239 g/mol. The van der Waals surface area contributed by atoms with E-state index in [2.05, 4.69) is 11.9 Å². The Bertz CT molecular complexity index is 413. The molecule has 0 spiro atoms. The predicted molar refractivity (Wildman–Crippen MR) is 65.1 cm³/mol. The lowest BCUT2D eigenvalue weighted by atomic mass is 9.91. The Hall–Kier alpha value is -0.900. The Morgan fingerprint density at radius 3 is 2.75 bits per heavy atom. The van der Waals surface area contributed by atoms with Gasteiger partial charge in [0.2, 0.25) is 0 Å². The second-order valence-corrected chi connectivity index (χ2v) is 4.69. The SMILES string of the molecule is CN1CC(c2ccc(C(=O)CN)cc2Cl)C1. The van der Waals surface area contributed by atoms with Gasteiger partial charge in [0.05, 0.1) is 6.54 Å². The molecule has 0 radical (unpaired) electrons. The van der Waals surface area contributed by atoms with Crippen molar-refractivity contribution >= 4 is 17.4 Å². The van der Waals surface area contributed by atoms with Crippen LogP contribution in [0.1, 0.15) is 21.8 Å².